The average Bonchev–Trinajstić information content (AvgIpc) is 2.70. The number of aromatic nitrogens is 2. The van der Waals surface area contributed by atoms with Crippen molar-refractivity contribution in [1.82, 2.24) is 15.2 Å². The van der Waals surface area contributed by atoms with Gasteiger partial charge in [-0.25, -0.2) is 9.42 Å². The van der Waals surface area contributed by atoms with Gasteiger partial charge < -0.3 is 15.5 Å². The first-order valence-corrected chi connectivity index (χ1v) is 5.19. The minimum atomic E-state index is -0.523. The molecule has 0 saturated heterocycles. The largest absolute Gasteiger partial charge is 0.379 e. The van der Waals surface area contributed by atoms with Crippen molar-refractivity contribution in [1.29, 1.82) is 0 Å². The fourth-order valence-corrected chi connectivity index (χ4v) is 1.23. The Morgan fingerprint density at radius 3 is 2.53 bits per heavy atom. The highest BCUT2D eigenvalue weighted by atomic mass is 16.7. The fraction of sp³-hybridized carbons (Fsp3) is 0.556. The lowest BCUT2D eigenvalue weighted by Gasteiger charge is -2.20. The molecule has 17 heavy (non-hydrogen) atoms. The van der Waals surface area contributed by atoms with Crippen LogP contribution in [0.25, 0.3) is 0 Å². The van der Waals surface area contributed by atoms with E-state index in [1.807, 2.05) is 18.7 Å². The lowest BCUT2D eigenvalue weighted by Crippen LogP contribution is -2.32. The van der Waals surface area contributed by atoms with Crippen LogP contribution in [0.15, 0.2) is 9.78 Å². The lowest BCUT2D eigenvalue weighted by molar-refractivity contribution is -0.141. The van der Waals surface area contributed by atoms with E-state index in [1.165, 1.54) is 6.92 Å². The van der Waals surface area contributed by atoms with Crippen LogP contribution in [0.2, 0.25) is 0 Å². The summed E-state index contributed by atoms with van der Waals surface area (Å²) < 4.78 is 4.50. The highest BCUT2D eigenvalue weighted by Crippen LogP contribution is 2.10. The molecule has 0 radical (unpaired) electrons. The summed E-state index contributed by atoms with van der Waals surface area (Å²) >= 11 is 0. The third kappa shape index (κ3) is 3.16. The molecule has 0 spiro atoms. The van der Waals surface area contributed by atoms with Gasteiger partial charge in [0.05, 0.1) is 0 Å². The normalized spacial score (nSPS) is 11.4. The van der Waals surface area contributed by atoms with E-state index in [4.69, 9.17) is 5.73 Å². The lowest BCUT2D eigenvalue weighted by atomic mass is 10.3. The third-order valence-electron chi connectivity index (χ3n) is 2.05. The van der Waals surface area contributed by atoms with Gasteiger partial charge in [0.1, 0.15) is 0 Å². The molecular formula is C9H15N5O3. The van der Waals surface area contributed by atoms with Crippen LogP contribution in [-0.2, 0) is 9.63 Å². The van der Waals surface area contributed by atoms with E-state index in [9.17, 15) is 4.79 Å². The molecule has 0 fully saturated rings. The van der Waals surface area contributed by atoms with Gasteiger partial charge in [-0.1, -0.05) is 5.16 Å². The molecule has 0 atom stereocenters. The molecule has 8 heteroatoms. The third-order valence-corrected chi connectivity index (χ3v) is 2.05. The summed E-state index contributed by atoms with van der Waals surface area (Å²) in [7, 11) is 0. The Kier molecular flexibility index (Phi) is 4.44. The fourth-order valence-electron chi connectivity index (χ4n) is 1.23. The molecule has 0 amide bonds. The van der Waals surface area contributed by atoms with E-state index in [1.54, 1.807) is 0 Å². The van der Waals surface area contributed by atoms with Crippen molar-refractivity contribution in [2.24, 2.45) is 5.16 Å². The van der Waals surface area contributed by atoms with E-state index in [0.29, 0.717) is 18.9 Å². The molecule has 1 aromatic rings. The summed E-state index contributed by atoms with van der Waals surface area (Å²) in [6.45, 7) is 6.42. The van der Waals surface area contributed by atoms with Gasteiger partial charge >= 0.3 is 5.97 Å². The second kappa shape index (κ2) is 5.83. The molecular weight excluding hydrogens is 226 g/mol. The highest BCUT2D eigenvalue weighted by Gasteiger charge is 2.20. The molecule has 0 bridgehead atoms. The number of hydrogen-bond acceptors (Lipinski definition) is 7. The van der Waals surface area contributed by atoms with E-state index in [2.05, 4.69) is 24.9 Å². The van der Waals surface area contributed by atoms with Gasteiger partial charge in [-0.3, -0.25) is 0 Å². The van der Waals surface area contributed by atoms with Gasteiger partial charge in [0.15, 0.2) is 11.5 Å². The van der Waals surface area contributed by atoms with Crippen molar-refractivity contribution in [3.05, 3.63) is 5.69 Å². The number of nitrogens with zero attached hydrogens (tertiary/aromatic N) is 4. The number of carbonyl (C=O) groups is 1. The second-order valence-electron chi connectivity index (χ2n) is 3.17. The number of rotatable bonds is 4. The van der Waals surface area contributed by atoms with Crippen molar-refractivity contribution in [3.63, 3.8) is 0 Å². The van der Waals surface area contributed by atoms with Gasteiger partial charge in [0, 0.05) is 20.0 Å². The van der Waals surface area contributed by atoms with Crippen molar-refractivity contribution >= 4 is 17.6 Å². The number of amidine groups is 1. The number of hydrogen-bond donors (Lipinski definition) is 1. The van der Waals surface area contributed by atoms with Crippen molar-refractivity contribution in [2.45, 2.75) is 20.8 Å². The molecule has 94 valence electrons. The molecule has 1 rings (SSSR count). The van der Waals surface area contributed by atoms with Crippen molar-refractivity contribution in [2.75, 3.05) is 18.8 Å². The van der Waals surface area contributed by atoms with E-state index < -0.39 is 5.97 Å². The van der Waals surface area contributed by atoms with Crippen LogP contribution in [0.1, 0.15) is 26.5 Å². The Bertz CT molecular complexity index is 411. The number of oxime groups is 1. The van der Waals surface area contributed by atoms with E-state index in [-0.39, 0.29) is 11.5 Å². The van der Waals surface area contributed by atoms with Crippen LogP contribution in [-0.4, -0.2) is 40.1 Å². The highest BCUT2D eigenvalue weighted by molar-refractivity contribution is 6.00. The SMILES string of the molecule is CCN(CC)/C(=N\OC(C)=O)c1nonc1N. The molecule has 0 aliphatic carbocycles. The summed E-state index contributed by atoms with van der Waals surface area (Å²) in [6.07, 6.45) is 0. The van der Waals surface area contributed by atoms with Crippen LogP contribution in [0.3, 0.4) is 0 Å². The maximum absolute atomic E-state index is 10.8. The molecule has 1 aromatic heterocycles. The summed E-state index contributed by atoms with van der Waals surface area (Å²) in [5, 5.41) is 10.8. The number of carbonyl (C=O) groups excluding carboxylic acids is 1. The Morgan fingerprint density at radius 1 is 1.47 bits per heavy atom. The smallest absolute Gasteiger partial charge is 0.332 e. The quantitative estimate of drug-likeness (QED) is 0.347. The maximum Gasteiger partial charge on any atom is 0.332 e. The summed E-state index contributed by atoms with van der Waals surface area (Å²) in [5.74, 6) is -0.101. The standard InChI is InChI=1S/C9H15N5O3/c1-4-14(5-2)9(13-16-6(3)15)7-8(10)12-17-11-7/h4-5H2,1-3H3,(H2,10,12)/b13-9-. The minimum absolute atomic E-state index is 0.0998. The first-order chi connectivity index (χ1) is 8.10. The van der Waals surface area contributed by atoms with Gasteiger partial charge in [-0.05, 0) is 24.2 Å². The molecule has 2 N–H and O–H groups in total. The van der Waals surface area contributed by atoms with Gasteiger partial charge in [0.2, 0.25) is 5.84 Å². The summed E-state index contributed by atoms with van der Waals surface area (Å²) in [5.41, 5.74) is 5.84. The van der Waals surface area contributed by atoms with Gasteiger partial charge in [-0.2, -0.15) is 0 Å². The predicted octanol–water partition coefficient (Wildman–Crippen LogP) is 0.218. The molecule has 0 unspecified atom stereocenters. The minimum Gasteiger partial charge on any atom is -0.379 e. The van der Waals surface area contributed by atoms with Gasteiger partial charge in [0.25, 0.3) is 0 Å². The monoisotopic (exact) mass is 241 g/mol. The first kappa shape index (κ1) is 12.9. The summed E-state index contributed by atoms with van der Waals surface area (Å²) in [4.78, 5) is 17.2. The zero-order valence-electron chi connectivity index (χ0n) is 10.0. The van der Waals surface area contributed by atoms with Crippen molar-refractivity contribution in [3.8, 4) is 0 Å². The Morgan fingerprint density at radius 2 is 2.12 bits per heavy atom. The van der Waals surface area contributed by atoms with E-state index in [0.717, 1.165) is 0 Å². The zero-order chi connectivity index (χ0) is 12.8. The molecule has 0 aliphatic rings. The zero-order valence-corrected chi connectivity index (χ0v) is 10.0. The number of anilines is 1. The second-order valence-corrected chi connectivity index (χ2v) is 3.17. The predicted molar refractivity (Wildman–Crippen MR) is 59.9 cm³/mol. The molecule has 0 aliphatic heterocycles. The van der Waals surface area contributed by atoms with E-state index >= 15 is 0 Å². The number of nitrogens with two attached hydrogens (primary N) is 1. The Labute approximate surface area is 98.3 Å². The molecule has 1 heterocycles. The van der Waals surface area contributed by atoms with Crippen LogP contribution >= 0.6 is 0 Å². The molecule has 0 aromatic carbocycles. The Balaban J connectivity index is 3.06. The van der Waals surface area contributed by atoms with Crippen LogP contribution in [0.5, 0.6) is 0 Å². The topological polar surface area (TPSA) is 107 Å². The molecule has 0 saturated carbocycles. The number of nitrogen functional groups attached to an aromatic ring is 1. The van der Waals surface area contributed by atoms with Crippen molar-refractivity contribution < 1.29 is 14.3 Å². The Hall–Kier alpha value is -2.12. The summed E-state index contributed by atoms with van der Waals surface area (Å²) in [6, 6.07) is 0. The van der Waals surface area contributed by atoms with Crippen LogP contribution in [0.4, 0.5) is 5.82 Å². The maximum atomic E-state index is 10.8. The first-order valence-electron chi connectivity index (χ1n) is 5.19. The van der Waals surface area contributed by atoms with Gasteiger partial charge in [-0.15, -0.1) is 0 Å². The van der Waals surface area contributed by atoms with Crippen LogP contribution < -0.4 is 5.73 Å². The average molecular weight is 241 g/mol. The molecule has 8 nitrogen and oxygen atoms in total. The van der Waals surface area contributed by atoms with Crippen LogP contribution in [0, 0.1) is 0 Å².